The predicted octanol–water partition coefficient (Wildman–Crippen LogP) is 16.7. The Balaban J connectivity index is -0.000000784. The van der Waals surface area contributed by atoms with E-state index in [1.807, 2.05) is 0 Å². The molecule has 0 rings (SSSR count). The highest BCUT2D eigenvalue weighted by Crippen LogP contribution is 2.71. The van der Waals surface area contributed by atoms with E-state index in [0.717, 1.165) is 0 Å². The lowest BCUT2D eigenvalue weighted by Gasteiger charge is -2.45. The van der Waals surface area contributed by atoms with Crippen molar-refractivity contribution in [3.05, 3.63) is 0 Å². The fourth-order valence-corrected chi connectivity index (χ4v) is 5.26. The van der Waals surface area contributed by atoms with Crippen molar-refractivity contribution in [2.24, 2.45) is 0 Å². The van der Waals surface area contributed by atoms with Crippen molar-refractivity contribution in [3.63, 3.8) is 0 Å². The average molecular weight is 1490 g/mol. The van der Waals surface area contributed by atoms with E-state index >= 15 is 0 Å². The van der Waals surface area contributed by atoms with E-state index in [0.29, 0.717) is 0 Å². The highest BCUT2D eigenvalue weighted by atomic mass is 31.1. The van der Waals surface area contributed by atoms with Crippen LogP contribution in [0.25, 0.3) is 0 Å². The molecule has 0 radical (unpaired) electrons. The van der Waals surface area contributed by atoms with E-state index < -0.39 is 185 Å². The minimum absolute atomic E-state index is 0. The van der Waals surface area contributed by atoms with Gasteiger partial charge in [0.05, 0.1) is 0 Å². The van der Waals surface area contributed by atoms with Crippen LogP contribution >= 0.6 is 16.5 Å². The Kier molecular flexibility index (Phi) is 25.2. The molecule has 0 spiro atoms. The van der Waals surface area contributed by atoms with Gasteiger partial charge in [-0.15, -0.1) is 9.05 Å². The summed E-state index contributed by atoms with van der Waals surface area (Å²) in [6.45, 7) is -4.88. The first-order chi connectivity index (χ1) is 36.3. The van der Waals surface area contributed by atoms with Gasteiger partial charge in [-0.2, -0.15) is 220 Å². The summed E-state index contributed by atoms with van der Waals surface area (Å²) >= 11 is 0. The predicted molar refractivity (Wildman–Crippen MR) is 169 cm³/mol. The summed E-state index contributed by atoms with van der Waals surface area (Å²) < 4.78 is 688. The van der Waals surface area contributed by atoms with E-state index in [1.165, 1.54) is 0 Å². The lowest BCUT2D eigenvalue weighted by atomic mass is 9.84. The normalized spacial score (nSPS) is 16.5. The first-order valence-electron chi connectivity index (χ1n) is 18.3. The van der Waals surface area contributed by atoms with Crippen molar-refractivity contribution in [1.82, 2.24) is 12.3 Å². The molecule has 0 saturated carbocycles. The molecule has 0 aromatic rings. The van der Waals surface area contributed by atoms with Crippen LogP contribution in [0, 0.1) is 0 Å². The first-order valence-corrected chi connectivity index (χ1v) is 20.5. The van der Waals surface area contributed by atoms with Gasteiger partial charge < -0.3 is 22.1 Å². The molecule has 532 valence electrons. The second-order valence-electron chi connectivity index (χ2n) is 15.5. The third-order valence-corrected chi connectivity index (χ3v) is 10.7. The topological polar surface area (TPSA) is 172 Å². The Morgan fingerprint density at radius 1 is 0.205 bits per heavy atom. The van der Waals surface area contributed by atoms with Crippen LogP contribution in [0.3, 0.4) is 0 Å². The molecule has 0 aromatic heterocycles. The van der Waals surface area contributed by atoms with Crippen LogP contribution in [-0.2, 0) is 18.2 Å². The van der Waals surface area contributed by atoms with E-state index in [2.05, 4.69) is 9.05 Å². The molecule has 0 bridgehead atoms. The molecule has 0 saturated heterocycles. The summed E-state index contributed by atoms with van der Waals surface area (Å²) in [5.74, 6) is -198. The van der Waals surface area contributed by atoms with Gasteiger partial charge in [0.1, 0.15) is 13.2 Å². The van der Waals surface area contributed by atoms with Crippen LogP contribution in [0.15, 0.2) is 0 Å². The molecule has 8 N–H and O–H groups in total. The van der Waals surface area contributed by atoms with Gasteiger partial charge >= 0.3 is 159 Å². The molecule has 0 aromatic carbocycles. The molecule has 0 aliphatic heterocycles. The third-order valence-electron chi connectivity index (χ3n) is 9.95. The number of alkyl halides is 50. The highest BCUT2D eigenvalue weighted by Gasteiger charge is 3.02. The molecule has 0 aliphatic carbocycles. The van der Waals surface area contributed by atoms with Gasteiger partial charge in [-0.05, 0) is 9.13 Å². The maximum atomic E-state index is 13.6. The summed E-state index contributed by atoms with van der Waals surface area (Å²) in [4.78, 5) is 19.9. The number of hydrogen-bond donors (Lipinski definition) is 2. The van der Waals surface area contributed by atoms with Crippen LogP contribution in [0.5, 0.6) is 0 Å². The molecule has 0 amide bonds. The summed E-state index contributed by atoms with van der Waals surface area (Å²) in [5, 5.41) is 0. The van der Waals surface area contributed by atoms with Gasteiger partial charge in [-0.1, -0.05) is 0 Å². The van der Waals surface area contributed by atoms with E-state index in [-0.39, 0.29) is 12.3 Å². The quantitative estimate of drug-likeness (QED) is 0.0583. The SMILES string of the molecule is O=[P+]([O-])OCCC(F)(F)C(F)(F)C(F)(F)C(F)(F)C(F)(F)C(F)(F)C(F)(F)C(F)(F)C(F)(F)C(F)(F)C(F)(F)C(F)(F)F.O=[P+]([O-])OCCC(F)(F)C(F)(F)C(F)(F)C(F)(F)C(F)(F)C(F)(F)C(F)(F)C(F)(F)C(F)(F)C(F)(F)C(F)(F)C(F)(F)F.[NH4+].[NH4+]. The largest absolute Gasteiger partial charge is 0.566 e. The molecule has 60 heteroatoms. The van der Waals surface area contributed by atoms with Crippen LogP contribution in [0.1, 0.15) is 12.8 Å². The van der Waals surface area contributed by atoms with E-state index in [9.17, 15) is 238 Å². The zero-order valence-corrected chi connectivity index (χ0v) is 40.9. The Morgan fingerprint density at radius 2 is 0.307 bits per heavy atom. The molecule has 0 aliphatic rings. The van der Waals surface area contributed by atoms with Gasteiger partial charge in [0.15, 0.2) is 0 Å². The van der Waals surface area contributed by atoms with Gasteiger partial charge in [0.2, 0.25) is 0 Å². The lowest BCUT2D eigenvalue weighted by Crippen LogP contribution is -2.78. The fraction of sp³-hybridized carbons (Fsp3) is 1.00. The number of hydrogen-bond acceptors (Lipinski definition) is 6. The van der Waals surface area contributed by atoms with Crippen molar-refractivity contribution in [2.45, 2.75) is 155 Å². The lowest BCUT2D eigenvalue weighted by molar-refractivity contribution is -0.482. The van der Waals surface area contributed by atoms with Crippen LogP contribution in [-0.4, -0.2) is 156 Å². The first kappa shape index (κ1) is 90.9. The average Bonchev–Trinajstić information content (AvgIpc) is 3.26. The minimum atomic E-state index is -9.65. The van der Waals surface area contributed by atoms with Crippen molar-refractivity contribution in [1.29, 1.82) is 0 Å². The van der Waals surface area contributed by atoms with Gasteiger partial charge in [0.25, 0.3) is 0 Å². The molecule has 2 atom stereocenters. The molecule has 0 heterocycles. The third kappa shape index (κ3) is 12.6. The number of quaternary nitrogens is 2. The van der Waals surface area contributed by atoms with Crippen LogP contribution in [0.2, 0.25) is 0 Å². The maximum absolute atomic E-state index is 13.6. The van der Waals surface area contributed by atoms with Crippen LogP contribution in [0.4, 0.5) is 220 Å². The Morgan fingerprint density at radius 3 is 0.409 bits per heavy atom. The molecule has 0 fully saturated rings. The second kappa shape index (κ2) is 24.4. The van der Waals surface area contributed by atoms with E-state index in [1.54, 1.807) is 0 Å². The van der Waals surface area contributed by atoms with Gasteiger partial charge in [-0.3, -0.25) is 0 Å². The number of rotatable bonds is 28. The fourth-order valence-electron chi connectivity index (χ4n) is 4.78. The molecule has 88 heavy (non-hydrogen) atoms. The zero-order valence-electron chi connectivity index (χ0n) is 39.1. The summed E-state index contributed by atoms with van der Waals surface area (Å²) in [6.07, 6.45) is -22.9. The Bertz CT molecular complexity index is 2230. The summed E-state index contributed by atoms with van der Waals surface area (Å²) in [5.41, 5.74) is 0. The number of halogens is 50. The van der Waals surface area contributed by atoms with Crippen molar-refractivity contribution < 1.29 is 247 Å². The van der Waals surface area contributed by atoms with Crippen molar-refractivity contribution in [2.75, 3.05) is 13.2 Å². The van der Waals surface area contributed by atoms with Gasteiger partial charge in [-0.25, -0.2) is 0 Å². The summed E-state index contributed by atoms with van der Waals surface area (Å²) in [6, 6.07) is 0. The minimum Gasteiger partial charge on any atom is -0.566 e. The highest BCUT2D eigenvalue weighted by molar-refractivity contribution is 7.30. The van der Waals surface area contributed by atoms with Crippen molar-refractivity contribution >= 4 is 16.5 Å². The smallest absolute Gasteiger partial charge is 0.488 e. The molecule has 8 nitrogen and oxygen atoms in total. The molecule has 2 unspecified atom stereocenters. The molecular weight excluding hydrogens is 1470 g/mol. The standard InChI is InChI=1S/2C14H4F25O3P.2H3N/c2*15-3(16,1-2-42-43(40)41)4(17,18)5(19,20)6(21,22)7(23,24)8(25,26)9(27,28)10(29,30)11(31,32)12(33,34)13(35,36)14(37,38)39;;/h2*1-2H2;2*1H3/p+2. The summed E-state index contributed by atoms with van der Waals surface area (Å²) in [7, 11) is -8.68. The molecular formula is C28H16F50N2O6P2+2. The Hall–Kier alpha value is -3.54. The second-order valence-corrected chi connectivity index (χ2v) is 16.9. The van der Waals surface area contributed by atoms with Crippen LogP contribution < -0.4 is 22.1 Å². The Labute approximate surface area is 446 Å². The van der Waals surface area contributed by atoms with E-state index in [4.69, 9.17) is 0 Å². The van der Waals surface area contributed by atoms with Gasteiger partial charge in [0, 0.05) is 12.8 Å². The van der Waals surface area contributed by atoms with Crippen molar-refractivity contribution in [3.8, 4) is 0 Å². The maximum Gasteiger partial charge on any atom is 0.488 e. The zero-order chi connectivity index (χ0) is 71.4. The monoisotopic (exact) mass is 1490 g/mol.